The van der Waals surface area contributed by atoms with Crippen LogP contribution in [0.2, 0.25) is 10.0 Å². The van der Waals surface area contributed by atoms with Gasteiger partial charge in [-0.2, -0.15) is 0 Å². The number of carbonyl (C=O) groups excluding carboxylic acids is 1. The van der Waals surface area contributed by atoms with Crippen molar-refractivity contribution in [2.45, 2.75) is 4.90 Å². The van der Waals surface area contributed by atoms with Gasteiger partial charge in [0.15, 0.2) is 0 Å². The molecule has 0 radical (unpaired) electrons. The van der Waals surface area contributed by atoms with Gasteiger partial charge in [0, 0.05) is 0 Å². The van der Waals surface area contributed by atoms with Gasteiger partial charge in [0.25, 0.3) is 10.0 Å². The van der Waals surface area contributed by atoms with E-state index in [1.54, 1.807) is 18.2 Å². The molecular weight excluding hydrogens is 347 g/mol. The number of amides is 1. The number of sulfonamides is 1. The van der Waals surface area contributed by atoms with Gasteiger partial charge in [-0.05, 0) is 24.3 Å². The Hall–Kier alpha value is -1.76. The molecule has 116 valence electrons. The zero-order valence-corrected chi connectivity index (χ0v) is 13.6. The second-order valence-electron chi connectivity index (χ2n) is 4.36. The van der Waals surface area contributed by atoms with Crippen molar-refractivity contribution in [2.75, 3.05) is 10.8 Å². The molecular formula is C14H12Cl2N2O3S. The summed E-state index contributed by atoms with van der Waals surface area (Å²) in [6.45, 7) is -0.544. The molecule has 0 spiro atoms. The summed E-state index contributed by atoms with van der Waals surface area (Å²) >= 11 is 12.0. The van der Waals surface area contributed by atoms with Crippen molar-refractivity contribution in [3.05, 3.63) is 58.6 Å². The fourth-order valence-electron chi connectivity index (χ4n) is 1.85. The normalized spacial score (nSPS) is 11.2. The van der Waals surface area contributed by atoms with Crippen molar-refractivity contribution < 1.29 is 13.2 Å². The first-order valence-electron chi connectivity index (χ1n) is 6.14. The Labute approximate surface area is 138 Å². The molecule has 0 saturated heterocycles. The number of anilines is 1. The van der Waals surface area contributed by atoms with E-state index >= 15 is 0 Å². The number of benzene rings is 2. The number of nitrogens with two attached hydrogens (primary N) is 1. The van der Waals surface area contributed by atoms with Crippen LogP contribution in [0.1, 0.15) is 0 Å². The van der Waals surface area contributed by atoms with E-state index in [4.69, 9.17) is 28.9 Å². The molecule has 2 aromatic rings. The maximum atomic E-state index is 12.7. The summed E-state index contributed by atoms with van der Waals surface area (Å²) in [5, 5.41) is 0.210. The second kappa shape index (κ2) is 6.56. The first-order chi connectivity index (χ1) is 10.3. The molecule has 0 aliphatic rings. The minimum Gasteiger partial charge on any atom is -0.368 e. The van der Waals surface area contributed by atoms with E-state index in [0.717, 1.165) is 4.31 Å². The standard InChI is InChI=1S/C14H12Cl2N2O3S/c15-11-7-4-8-12(14(11)16)18(9-13(17)19)22(20,21)10-5-2-1-3-6-10/h1-8H,9H2,(H2,17,19). The van der Waals surface area contributed by atoms with E-state index < -0.39 is 22.5 Å². The van der Waals surface area contributed by atoms with Crippen LogP contribution in [0, 0.1) is 0 Å². The third kappa shape index (κ3) is 3.35. The van der Waals surface area contributed by atoms with Crippen molar-refractivity contribution >= 4 is 44.8 Å². The van der Waals surface area contributed by atoms with E-state index in [2.05, 4.69) is 0 Å². The summed E-state index contributed by atoms with van der Waals surface area (Å²) in [4.78, 5) is 11.3. The Kier molecular flexibility index (Phi) is 4.95. The minimum absolute atomic E-state index is 0.0206. The van der Waals surface area contributed by atoms with Crippen molar-refractivity contribution in [2.24, 2.45) is 5.73 Å². The zero-order chi connectivity index (χ0) is 16.3. The van der Waals surface area contributed by atoms with Gasteiger partial charge >= 0.3 is 0 Å². The largest absolute Gasteiger partial charge is 0.368 e. The van der Waals surface area contributed by atoms with Crippen LogP contribution in [0.5, 0.6) is 0 Å². The predicted octanol–water partition coefficient (Wildman–Crippen LogP) is 2.67. The van der Waals surface area contributed by atoms with Crippen LogP contribution in [0.15, 0.2) is 53.4 Å². The molecule has 0 unspecified atom stereocenters. The molecule has 1 amide bonds. The fourth-order valence-corrected chi connectivity index (χ4v) is 3.76. The van der Waals surface area contributed by atoms with Gasteiger partial charge in [-0.3, -0.25) is 9.10 Å². The summed E-state index contributed by atoms with van der Waals surface area (Å²) < 4.78 is 26.3. The van der Waals surface area contributed by atoms with E-state index in [1.807, 2.05) is 0 Å². The molecule has 2 aromatic carbocycles. The van der Waals surface area contributed by atoms with Crippen LogP contribution < -0.4 is 10.0 Å². The average molecular weight is 359 g/mol. The van der Waals surface area contributed by atoms with Gasteiger partial charge in [-0.15, -0.1) is 0 Å². The van der Waals surface area contributed by atoms with E-state index in [0.29, 0.717) is 0 Å². The summed E-state index contributed by atoms with van der Waals surface area (Å²) in [6, 6.07) is 12.2. The lowest BCUT2D eigenvalue weighted by Crippen LogP contribution is -2.38. The van der Waals surface area contributed by atoms with E-state index in [-0.39, 0.29) is 20.6 Å². The monoisotopic (exact) mass is 358 g/mol. The lowest BCUT2D eigenvalue weighted by atomic mass is 10.3. The van der Waals surface area contributed by atoms with Crippen LogP contribution in [0.25, 0.3) is 0 Å². The fraction of sp³-hybridized carbons (Fsp3) is 0.0714. The van der Waals surface area contributed by atoms with Crippen LogP contribution in [0.3, 0.4) is 0 Å². The molecule has 0 heterocycles. The van der Waals surface area contributed by atoms with Crippen molar-refractivity contribution in [3.8, 4) is 0 Å². The Balaban J connectivity index is 2.61. The molecule has 2 rings (SSSR count). The van der Waals surface area contributed by atoms with Gasteiger partial charge in [0.1, 0.15) is 6.54 Å². The quantitative estimate of drug-likeness (QED) is 0.891. The molecule has 0 fully saturated rings. The molecule has 8 heteroatoms. The van der Waals surface area contributed by atoms with Gasteiger partial charge in [0.05, 0.1) is 20.6 Å². The van der Waals surface area contributed by atoms with Crippen molar-refractivity contribution in [3.63, 3.8) is 0 Å². The number of carbonyl (C=O) groups is 1. The highest BCUT2D eigenvalue weighted by Crippen LogP contribution is 2.35. The Bertz CT molecular complexity index is 795. The molecule has 2 N–H and O–H groups in total. The molecule has 0 aliphatic carbocycles. The lowest BCUT2D eigenvalue weighted by molar-refractivity contribution is -0.116. The topological polar surface area (TPSA) is 80.5 Å². The van der Waals surface area contributed by atoms with Gasteiger partial charge in [-0.25, -0.2) is 8.42 Å². The molecule has 0 bridgehead atoms. The maximum absolute atomic E-state index is 12.7. The highest BCUT2D eigenvalue weighted by molar-refractivity contribution is 7.92. The maximum Gasteiger partial charge on any atom is 0.264 e. The highest BCUT2D eigenvalue weighted by atomic mass is 35.5. The molecule has 0 aliphatic heterocycles. The predicted molar refractivity (Wildman–Crippen MR) is 86.6 cm³/mol. The second-order valence-corrected chi connectivity index (χ2v) is 7.01. The summed E-state index contributed by atoms with van der Waals surface area (Å²) in [5.74, 6) is -0.810. The molecule has 22 heavy (non-hydrogen) atoms. The number of hydrogen-bond acceptors (Lipinski definition) is 3. The third-order valence-electron chi connectivity index (χ3n) is 2.83. The van der Waals surface area contributed by atoms with Crippen LogP contribution >= 0.6 is 23.2 Å². The van der Waals surface area contributed by atoms with Crippen LogP contribution in [-0.4, -0.2) is 20.9 Å². The SMILES string of the molecule is NC(=O)CN(c1cccc(Cl)c1Cl)S(=O)(=O)c1ccccc1. The number of halogens is 2. The van der Waals surface area contributed by atoms with Gasteiger partial charge in [0.2, 0.25) is 5.91 Å². The lowest BCUT2D eigenvalue weighted by Gasteiger charge is -2.24. The van der Waals surface area contributed by atoms with E-state index in [1.165, 1.54) is 30.3 Å². The Morgan fingerprint density at radius 2 is 1.68 bits per heavy atom. The minimum atomic E-state index is -4.00. The highest BCUT2D eigenvalue weighted by Gasteiger charge is 2.28. The zero-order valence-electron chi connectivity index (χ0n) is 11.2. The Morgan fingerprint density at radius 1 is 1.05 bits per heavy atom. The first kappa shape index (κ1) is 16.6. The average Bonchev–Trinajstić information content (AvgIpc) is 2.48. The number of nitrogens with zero attached hydrogens (tertiary/aromatic N) is 1. The number of hydrogen-bond donors (Lipinski definition) is 1. The summed E-state index contributed by atoms with van der Waals surface area (Å²) in [7, 11) is -4.00. The summed E-state index contributed by atoms with van der Waals surface area (Å²) in [6.07, 6.45) is 0. The molecule has 5 nitrogen and oxygen atoms in total. The summed E-state index contributed by atoms with van der Waals surface area (Å²) in [5.41, 5.74) is 5.27. The van der Waals surface area contributed by atoms with Crippen molar-refractivity contribution in [1.29, 1.82) is 0 Å². The Morgan fingerprint density at radius 3 is 2.27 bits per heavy atom. The van der Waals surface area contributed by atoms with Gasteiger partial charge < -0.3 is 5.73 Å². The van der Waals surface area contributed by atoms with Crippen LogP contribution in [-0.2, 0) is 14.8 Å². The molecule has 0 aromatic heterocycles. The number of primary amides is 1. The first-order valence-corrected chi connectivity index (χ1v) is 8.33. The molecule has 0 saturated carbocycles. The van der Waals surface area contributed by atoms with Crippen LogP contribution in [0.4, 0.5) is 5.69 Å². The van der Waals surface area contributed by atoms with Crippen molar-refractivity contribution in [1.82, 2.24) is 0 Å². The van der Waals surface area contributed by atoms with Gasteiger partial charge in [-0.1, -0.05) is 47.5 Å². The molecule has 0 atom stereocenters. The third-order valence-corrected chi connectivity index (χ3v) is 5.41. The number of rotatable bonds is 5. The van der Waals surface area contributed by atoms with E-state index in [9.17, 15) is 13.2 Å². The smallest absolute Gasteiger partial charge is 0.264 e.